The van der Waals surface area contributed by atoms with Gasteiger partial charge < -0.3 is 20.1 Å². The Labute approximate surface area is 242 Å². The van der Waals surface area contributed by atoms with Gasteiger partial charge in [-0.05, 0) is 108 Å². The van der Waals surface area contributed by atoms with Crippen molar-refractivity contribution in [3.05, 3.63) is 104 Å². The topological polar surface area (TPSA) is 90.3 Å². The number of allylic oxidation sites excluding steroid dienone is 1. The van der Waals surface area contributed by atoms with Crippen LogP contribution in [0.3, 0.4) is 0 Å². The number of anilines is 2. The van der Waals surface area contributed by atoms with Crippen molar-refractivity contribution in [1.29, 1.82) is 0 Å². The van der Waals surface area contributed by atoms with Crippen molar-refractivity contribution >= 4 is 33.5 Å². The molecule has 1 unspecified atom stereocenters. The van der Waals surface area contributed by atoms with Crippen molar-refractivity contribution in [2.45, 2.75) is 47.3 Å². The summed E-state index contributed by atoms with van der Waals surface area (Å²) in [6, 6.07) is 15.3. The number of carbonyl (C=O) groups excluding carboxylic acids is 1. The lowest BCUT2D eigenvalue weighted by molar-refractivity contribution is -0.113. The van der Waals surface area contributed by atoms with Crippen molar-refractivity contribution in [1.82, 2.24) is 14.8 Å². The third-order valence-electron chi connectivity index (χ3n) is 7.21. The number of methoxy groups -OCH3 is 1. The summed E-state index contributed by atoms with van der Waals surface area (Å²) >= 11 is 3.71. The number of benzene rings is 3. The summed E-state index contributed by atoms with van der Waals surface area (Å²) in [7, 11) is 1.61. The molecule has 40 heavy (non-hydrogen) atoms. The first-order chi connectivity index (χ1) is 19.2. The van der Waals surface area contributed by atoms with Crippen LogP contribution in [0.25, 0.3) is 0 Å². The fourth-order valence-corrected chi connectivity index (χ4v) is 5.55. The van der Waals surface area contributed by atoms with Crippen LogP contribution in [0.5, 0.6) is 11.5 Å². The first-order valence-electron chi connectivity index (χ1n) is 13.0. The van der Waals surface area contributed by atoms with Gasteiger partial charge in [-0.3, -0.25) is 4.79 Å². The zero-order chi connectivity index (χ0) is 28.6. The van der Waals surface area contributed by atoms with E-state index in [0.29, 0.717) is 39.8 Å². The monoisotopic (exact) mass is 601 g/mol. The first-order valence-corrected chi connectivity index (χ1v) is 13.8. The molecule has 0 aliphatic carbocycles. The van der Waals surface area contributed by atoms with Gasteiger partial charge in [0, 0.05) is 11.4 Å². The van der Waals surface area contributed by atoms with Gasteiger partial charge in [-0.1, -0.05) is 24.3 Å². The number of fused-ring (bicyclic) bond motifs is 1. The molecule has 0 saturated carbocycles. The van der Waals surface area contributed by atoms with Gasteiger partial charge in [-0.2, -0.15) is 10.1 Å². The lowest BCUT2D eigenvalue weighted by atomic mass is 9.94. The van der Waals surface area contributed by atoms with Crippen molar-refractivity contribution in [3.8, 4) is 11.5 Å². The van der Waals surface area contributed by atoms with Crippen molar-refractivity contribution in [2.24, 2.45) is 0 Å². The normalized spacial score (nSPS) is 14.4. The Hall–Kier alpha value is -4.11. The van der Waals surface area contributed by atoms with Crippen LogP contribution in [0.15, 0.2) is 70.6 Å². The lowest BCUT2D eigenvalue weighted by Crippen LogP contribution is -2.31. The summed E-state index contributed by atoms with van der Waals surface area (Å²) in [4.78, 5) is 18.1. The minimum atomic E-state index is -0.551. The van der Waals surface area contributed by atoms with Crippen LogP contribution in [0.2, 0.25) is 0 Å². The van der Waals surface area contributed by atoms with E-state index in [1.54, 1.807) is 11.8 Å². The fraction of sp³-hybridized carbons (Fsp3) is 0.258. The van der Waals surface area contributed by atoms with Gasteiger partial charge in [0.1, 0.15) is 19.0 Å². The van der Waals surface area contributed by atoms with Crippen molar-refractivity contribution < 1.29 is 14.3 Å². The molecule has 2 heterocycles. The highest BCUT2D eigenvalue weighted by Crippen LogP contribution is 2.43. The maximum absolute atomic E-state index is 13.7. The van der Waals surface area contributed by atoms with Gasteiger partial charge in [-0.25, -0.2) is 4.68 Å². The summed E-state index contributed by atoms with van der Waals surface area (Å²) in [6.07, 6.45) is 1.47. The smallest absolute Gasteiger partial charge is 0.255 e. The number of carbonyl (C=O) groups is 1. The molecule has 0 spiro atoms. The molecule has 0 saturated heterocycles. The molecule has 5 rings (SSSR count). The molecule has 4 aromatic rings. The largest absolute Gasteiger partial charge is 0.493 e. The zero-order valence-electron chi connectivity index (χ0n) is 23.4. The number of ether oxygens (including phenoxy) is 2. The molecule has 0 fully saturated rings. The van der Waals surface area contributed by atoms with Crippen LogP contribution in [0.4, 0.5) is 11.6 Å². The van der Waals surface area contributed by atoms with Crippen LogP contribution in [-0.4, -0.2) is 27.8 Å². The number of rotatable bonds is 7. The Balaban J connectivity index is 1.51. The molecular formula is C31H32BrN5O3. The second-order valence-electron chi connectivity index (χ2n) is 10.1. The molecule has 1 atom stereocenters. The Kier molecular flexibility index (Phi) is 7.67. The van der Waals surface area contributed by atoms with Gasteiger partial charge in [0.2, 0.25) is 5.95 Å². The molecular weight excluding hydrogens is 570 g/mol. The van der Waals surface area contributed by atoms with Crippen LogP contribution < -0.4 is 20.1 Å². The van der Waals surface area contributed by atoms with E-state index in [9.17, 15) is 4.79 Å². The number of halogens is 1. The number of nitrogens with one attached hydrogen (secondary N) is 2. The zero-order valence-corrected chi connectivity index (χ0v) is 25.0. The van der Waals surface area contributed by atoms with Crippen LogP contribution in [0, 0.1) is 27.7 Å². The lowest BCUT2D eigenvalue weighted by Gasteiger charge is -2.29. The number of aryl methyl sites for hydroxylation is 4. The molecule has 1 aromatic heterocycles. The average molecular weight is 603 g/mol. The Morgan fingerprint density at radius 2 is 1.82 bits per heavy atom. The summed E-state index contributed by atoms with van der Waals surface area (Å²) in [5.74, 6) is 1.45. The number of amides is 1. The number of aromatic nitrogens is 3. The van der Waals surface area contributed by atoms with Gasteiger partial charge >= 0.3 is 0 Å². The SMILES string of the molecule is COc1cc(C2C(C(=O)Nc3cccc(C)c3)=C(C)Nc3ncnn32)cc(Br)c1OCc1cc(C)c(C)cc1C. The van der Waals surface area contributed by atoms with Gasteiger partial charge in [-0.15, -0.1) is 0 Å². The van der Waals surface area contributed by atoms with Gasteiger partial charge in [0.15, 0.2) is 11.5 Å². The highest BCUT2D eigenvalue weighted by Gasteiger charge is 2.34. The predicted molar refractivity (Wildman–Crippen MR) is 160 cm³/mol. The van der Waals surface area contributed by atoms with E-state index in [0.717, 1.165) is 22.4 Å². The molecule has 3 aromatic carbocycles. The molecule has 9 heteroatoms. The van der Waals surface area contributed by atoms with E-state index in [1.165, 1.54) is 23.0 Å². The minimum absolute atomic E-state index is 0.234. The number of hydrogen-bond donors (Lipinski definition) is 2. The first kappa shape index (κ1) is 27.5. The number of nitrogens with zero attached hydrogens (tertiary/aromatic N) is 3. The maximum atomic E-state index is 13.7. The maximum Gasteiger partial charge on any atom is 0.255 e. The molecule has 8 nitrogen and oxygen atoms in total. The standard InChI is InChI=1S/C31H32BrN5O3/c1-17-8-7-9-24(10-17)36-30(38)27-21(5)35-31-33-16-34-37(31)28(27)22-13-25(32)29(26(14-22)39-6)40-15-23-12-19(3)18(2)11-20(23)4/h7-14,16,28H,15H2,1-6H3,(H,36,38)(H,33,34,35). The van der Waals surface area contributed by atoms with Crippen LogP contribution in [0.1, 0.15) is 46.3 Å². The molecule has 0 bridgehead atoms. The highest BCUT2D eigenvalue weighted by molar-refractivity contribution is 9.10. The number of hydrogen-bond acceptors (Lipinski definition) is 6. The third-order valence-corrected chi connectivity index (χ3v) is 7.80. The molecule has 1 aliphatic heterocycles. The van der Waals surface area contributed by atoms with E-state index in [1.807, 2.05) is 50.2 Å². The molecule has 206 valence electrons. The molecule has 2 N–H and O–H groups in total. The summed E-state index contributed by atoms with van der Waals surface area (Å²) in [6.45, 7) is 10.5. The van der Waals surface area contributed by atoms with E-state index in [4.69, 9.17) is 9.47 Å². The molecule has 0 radical (unpaired) electrons. The quantitative estimate of drug-likeness (QED) is 0.242. The van der Waals surface area contributed by atoms with Crippen molar-refractivity contribution in [2.75, 3.05) is 17.7 Å². The van der Waals surface area contributed by atoms with Crippen LogP contribution >= 0.6 is 15.9 Å². The Morgan fingerprint density at radius 3 is 2.58 bits per heavy atom. The molecule has 1 aliphatic rings. The second kappa shape index (κ2) is 11.2. The predicted octanol–water partition coefficient (Wildman–Crippen LogP) is 6.79. The summed E-state index contributed by atoms with van der Waals surface area (Å²) < 4.78 is 14.5. The van der Waals surface area contributed by atoms with Crippen molar-refractivity contribution in [3.63, 3.8) is 0 Å². The molecule has 1 amide bonds. The van der Waals surface area contributed by atoms with Gasteiger partial charge in [0.05, 0.1) is 17.2 Å². The fourth-order valence-electron chi connectivity index (χ4n) is 4.98. The van der Waals surface area contributed by atoms with E-state index in [-0.39, 0.29) is 5.91 Å². The van der Waals surface area contributed by atoms with Gasteiger partial charge in [0.25, 0.3) is 5.91 Å². The summed E-state index contributed by atoms with van der Waals surface area (Å²) in [5.41, 5.74) is 8.54. The van der Waals surface area contributed by atoms with E-state index in [2.05, 4.69) is 69.6 Å². The van der Waals surface area contributed by atoms with E-state index >= 15 is 0 Å². The van der Waals surface area contributed by atoms with Crippen LogP contribution in [-0.2, 0) is 11.4 Å². The summed E-state index contributed by atoms with van der Waals surface area (Å²) in [5, 5.41) is 10.7. The second-order valence-corrected chi connectivity index (χ2v) is 11.0. The average Bonchev–Trinajstić information content (AvgIpc) is 3.37. The highest BCUT2D eigenvalue weighted by atomic mass is 79.9. The minimum Gasteiger partial charge on any atom is -0.493 e. The Morgan fingerprint density at radius 1 is 1.05 bits per heavy atom. The third kappa shape index (κ3) is 5.34. The Bertz CT molecular complexity index is 1640. The van der Waals surface area contributed by atoms with E-state index < -0.39 is 6.04 Å².